The summed E-state index contributed by atoms with van der Waals surface area (Å²) in [7, 11) is 0. The summed E-state index contributed by atoms with van der Waals surface area (Å²) in [6, 6.07) is 11.1. The molecule has 0 spiro atoms. The van der Waals surface area contributed by atoms with Crippen LogP contribution in [0.5, 0.6) is 5.75 Å². The van der Waals surface area contributed by atoms with Crippen LogP contribution in [0.25, 0.3) is 0 Å². The van der Waals surface area contributed by atoms with Gasteiger partial charge >= 0.3 is 0 Å². The Morgan fingerprint density at radius 1 is 1.31 bits per heavy atom. The number of non-ortho nitro benzene ring substituents is 1. The summed E-state index contributed by atoms with van der Waals surface area (Å²) < 4.78 is 11.2. The predicted octanol–water partition coefficient (Wildman–Crippen LogP) is 3.71. The fraction of sp³-hybridized carbons (Fsp3) is 0.316. The van der Waals surface area contributed by atoms with Gasteiger partial charge in [0.25, 0.3) is 11.6 Å². The first-order valence-electron chi connectivity index (χ1n) is 8.44. The van der Waals surface area contributed by atoms with Gasteiger partial charge in [-0.2, -0.15) is 0 Å². The normalized spacial score (nSPS) is 16.3. The number of anilines is 1. The lowest BCUT2D eigenvalue weighted by molar-refractivity contribution is -0.384. The molecular formula is C19H20N2O5. The van der Waals surface area contributed by atoms with Crippen molar-refractivity contribution >= 4 is 17.3 Å². The molecule has 0 aliphatic carbocycles. The van der Waals surface area contributed by atoms with E-state index in [1.54, 1.807) is 37.3 Å². The van der Waals surface area contributed by atoms with Gasteiger partial charge in [-0.25, -0.2) is 0 Å². The Kier molecular flexibility index (Phi) is 5.48. The van der Waals surface area contributed by atoms with Crippen LogP contribution in [0.15, 0.2) is 42.5 Å². The van der Waals surface area contributed by atoms with E-state index >= 15 is 0 Å². The molecule has 0 aromatic heterocycles. The van der Waals surface area contributed by atoms with Crippen molar-refractivity contribution in [3.8, 4) is 5.75 Å². The van der Waals surface area contributed by atoms with Gasteiger partial charge in [-0.15, -0.1) is 0 Å². The average molecular weight is 356 g/mol. The van der Waals surface area contributed by atoms with Crippen molar-refractivity contribution in [3.63, 3.8) is 0 Å². The summed E-state index contributed by atoms with van der Waals surface area (Å²) in [5.74, 6) is 0.336. The van der Waals surface area contributed by atoms with Crippen molar-refractivity contribution < 1.29 is 19.2 Å². The molecule has 1 saturated heterocycles. The number of hydrogen-bond donors (Lipinski definition) is 1. The van der Waals surface area contributed by atoms with Crippen LogP contribution < -0.4 is 10.1 Å². The predicted molar refractivity (Wildman–Crippen MR) is 96.7 cm³/mol. The first-order chi connectivity index (χ1) is 12.5. The zero-order valence-corrected chi connectivity index (χ0v) is 14.4. The third kappa shape index (κ3) is 4.37. The summed E-state index contributed by atoms with van der Waals surface area (Å²) in [5.41, 5.74) is 1.55. The molecule has 0 radical (unpaired) electrons. The zero-order chi connectivity index (χ0) is 18.5. The van der Waals surface area contributed by atoms with Crippen LogP contribution >= 0.6 is 0 Å². The van der Waals surface area contributed by atoms with Gasteiger partial charge in [0.2, 0.25) is 0 Å². The molecule has 1 unspecified atom stereocenters. The Morgan fingerprint density at radius 3 is 2.73 bits per heavy atom. The van der Waals surface area contributed by atoms with Crippen molar-refractivity contribution in [2.45, 2.75) is 25.9 Å². The number of ether oxygens (including phenoxy) is 2. The summed E-state index contributed by atoms with van der Waals surface area (Å²) in [6.07, 6.45) is 2.20. The molecule has 7 heteroatoms. The Hall–Kier alpha value is -2.93. The lowest BCUT2D eigenvalue weighted by Gasteiger charge is -2.12. The van der Waals surface area contributed by atoms with E-state index in [9.17, 15) is 14.9 Å². The molecule has 1 N–H and O–H groups in total. The summed E-state index contributed by atoms with van der Waals surface area (Å²) in [5, 5.41) is 13.6. The number of rotatable bonds is 6. The van der Waals surface area contributed by atoms with Crippen LogP contribution in [0.4, 0.5) is 11.4 Å². The van der Waals surface area contributed by atoms with E-state index in [1.165, 1.54) is 12.1 Å². The molecule has 1 aliphatic rings. The molecule has 26 heavy (non-hydrogen) atoms. The largest absolute Gasteiger partial charge is 0.491 e. The average Bonchev–Trinajstić information content (AvgIpc) is 3.15. The summed E-state index contributed by atoms with van der Waals surface area (Å²) in [6.45, 7) is 3.06. The second-order valence-electron chi connectivity index (χ2n) is 6.18. The second kappa shape index (κ2) is 7.97. The van der Waals surface area contributed by atoms with E-state index in [-0.39, 0.29) is 17.7 Å². The number of aryl methyl sites for hydroxylation is 1. The summed E-state index contributed by atoms with van der Waals surface area (Å²) in [4.78, 5) is 22.8. The van der Waals surface area contributed by atoms with Gasteiger partial charge in [-0.3, -0.25) is 14.9 Å². The number of amides is 1. The Bertz CT molecular complexity index is 798. The molecule has 7 nitrogen and oxygen atoms in total. The van der Waals surface area contributed by atoms with Crippen molar-refractivity contribution in [1.29, 1.82) is 0 Å². The minimum Gasteiger partial charge on any atom is -0.491 e. The molecular weight excluding hydrogens is 336 g/mol. The van der Waals surface area contributed by atoms with Crippen LogP contribution in [0.3, 0.4) is 0 Å². The molecule has 0 bridgehead atoms. The van der Waals surface area contributed by atoms with Gasteiger partial charge < -0.3 is 14.8 Å². The lowest BCUT2D eigenvalue weighted by atomic mass is 10.1. The standard InChI is InChI=1S/C19H20N2O5/c1-13-4-7-15(21(23)24)11-18(13)20-19(22)14-5-8-16(9-6-14)26-12-17-3-2-10-25-17/h4-9,11,17H,2-3,10,12H2,1H3,(H,20,22). The molecule has 2 aromatic carbocycles. The Labute approximate surface area is 151 Å². The highest BCUT2D eigenvalue weighted by molar-refractivity contribution is 6.04. The maximum atomic E-state index is 12.4. The molecule has 1 heterocycles. The van der Waals surface area contributed by atoms with E-state index < -0.39 is 4.92 Å². The molecule has 136 valence electrons. The fourth-order valence-electron chi connectivity index (χ4n) is 2.72. The van der Waals surface area contributed by atoms with Gasteiger partial charge in [0.15, 0.2) is 0 Å². The molecule has 1 aliphatic heterocycles. The molecule has 2 aromatic rings. The van der Waals surface area contributed by atoms with Gasteiger partial charge in [0, 0.05) is 24.3 Å². The number of nitrogens with zero attached hydrogens (tertiary/aromatic N) is 1. The van der Waals surface area contributed by atoms with Crippen LogP contribution in [0, 0.1) is 17.0 Å². The van der Waals surface area contributed by atoms with Crippen molar-refractivity contribution in [2.75, 3.05) is 18.5 Å². The number of benzene rings is 2. The maximum Gasteiger partial charge on any atom is 0.271 e. The Morgan fingerprint density at radius 2 is 2.08 bits per heavy atom. The summed E-state index contributed by atoms with van der Waals surface area (Å²) >= 11 is 0. The highest BCUT2D eigenvalue weighted by Crippen LogP contribution is 2.23. The van der Waals surface area contributed by atoms with Crippen molar-refractivity contribution in [3.05, 3.63) is 63.7 Å². The van der Waals surface area contributed by atoms with Gasteiger partial charge in [-0.1, -0.05) is 6.07 Å². The van der Waals surface area contributed by atoms with Crippen LogP contribution in [0.2, 0.25) is 0 Å². The van der Waals surface area contributed by atoms with Crippen LogP contribution in [-0.2, 0) is 4.74 Å². The second-order valence-corrected chi connectivity index (χ2v) is 6.18. The topological polar surface area (TPSA) is 90.7 Å². The SMILES string of the molecule is Cc1ccc([N+](=O)[O-])cc1NC(=O)c1ccc(OCC2CCCO2)cc1. The number of nitro groups is 1. The number of carbonyl (C=O) groups excluding carboxylic acids is 1. The molecule has 1 fully saturated rings. The van der Waals surface area contributed by atoms with E-state index in [2.05, 4.69) is 5.32 Å². The number of hydrogen-bond acceptors (Lipinski definition) is 5. The first-order valence-corrected chi connectivity index (χ1v) is 8.44. The minimum atomic E-state index is -0.491. The smallest absolute Gasteiger partial charge is 0.271 e. The monoisotopic (exact) mass is 356 g/mol. The zero-order valence-electron chi connectivity index (χ0n) is 14.4. The third-order valence-electron chi connectivity index (χ3n) is 4.26. The van der Waals surface area contributed by atoms with Crippen molar-refractivity contribution in [2.24, 2.45) is 0 Å². The molecule has 0 saturated carbocycles. The molecule has 3 rings (SSSR count). The van der Waals surface area contributed by atoms with E-state index in [0.717, 1.165) is 25.0 Å². The van der Waals surface area contributed by atoms with Gasteiger partial charge in [0.1, 0.15) is 12.4 Å². The number of carbonyl (C=O) groups is 1. The third-order valence-corrected chi connectivity index (χ3v) is 4.26. The number of nitro benzene ring substituents is 1. The van der Waals surface area contributed by atoms with E-state index in [4.69, 9.17) is 9.47 Å². The molecule has 1 amide bonds. The highest BCUT2D eigenvalue weighted by atomic mass is 16.6. The quantitative estimate of drug-likeness (QED) is 0.629. The maximum absolute atomic E-state index is 12.4. The minimum absolute atomic E-state index is 0.0659. The van der Waals surface area contributed by atoms with Gasteiger partial charge in [0.05, 0.1) is 16.7 Å². The van der Waals surface area contributed by atoms with Gasteiger partial charge in [-0.05, 0) is 49.6 Å². The first kappa shape index (κ1) is 17.9. The van der Waals surface area contributed by atoms with Crippen LogP contribution in [0.1, 0.15) is 28.8 Å². The van der Waals surface area contributed by atoms with Crippen LogP contribution in [-0.4, -0.2) is 30.1 Å². The van der Waals surface area contributed by atoms with E-state index in [1.807, 2.05) is 0 Å². The van der Waals surface area contributed by atoms with E-state index in [0.29, 0.717) is 23.6 Å². The fourth-order valence-corrected chi connectivity index (χ4v) is 2.72. The number of nitrogens with one attached hydrogen (secondary N) is 1. The highest BCUT2D eigenvalue weighted by Gasteiger charge is 2.16. The van der Waals surface area contributed by atoms with Crippen molar-refractivity contribution in [1.82, 2.24) is 0 Å². The Balaban J connectivity index is 1.62. The lowest BCUT2D eigenvalue weighted by Crippen LogP contribution is -2.16. The molecule has 1 atom stereocenters.